The molecule has 3 aliphatic rings. The summed E-state index contributed by atoms with van der Waals surface area (Å²) < 4.78 is 30.0. The van der Waals surface area contributed by atoms with Crippen molar-refractivity contribution in [1.82, 2.24) is 18.8 Å². The van der Waals surface area contributed by atoms with Gasteiger partial charge in [-0.2, -0.15) is 4.31 Å². The number of aryl methyl sites for hydroxylation is 1. The number of hydrogen-bond donors (Lipinski definition) is 1. The lowest BCUT2D eigenvalue weighted by Gasteiger charge is -2.57. The Morgan fingerprint density at radius 3 is 2.62 bits per heavy atom. The van der Waals surface area contributed by atoms with Crippen LogP contribution in [0.2, 0.25) is 0 Å². The van der Waals surface area contributed by atoms with Crippen molar-refractivity contribution in [2.75, 3.05) is 13.1 Å². The molecule has 7 nitrogen and oxygen atoms in total. The normalized spacial score (nSPS) is 26.5. The topological polar surface area (TPSA) is 88.3 Å². The number of aliphatic hydroxyl groups excluding tert-OH is 1. The van der Waals surface area contributed by atoms with E-state index >= 15 is 0 Å². The SMILES string of the molecule is Cc1ccncc1S(=O)(=O)N1CCC2(CC1)CC(C1c3ccccc3-c3cncn31)C2O. The number of pyridine rings is 1. The van der Waals surface area contributed by atoms with E-state index in [-0.39, 0.29) is 22.3 Å². The van der Waals surface area contributed by atoms with Gasteiger partial charge in [0.15, 0.2) is 0 Å². The Morgan fingerprint density at radius 2 is 1.88 bits per heavy atom. The molecule has 0 amide bonds. The molecule has 0 radical (unpaired) electrons. The van der Waals surface area contributed by atoms with Crippen LogP contribution in [0.3, 0.4) is 0 Å². The third-order valence-electron chi connectivity index (χ3n) is 7.93. The molecule has 3 aromatic rings. The van der Waals surface area contributed by atoms with Gasteiger partial charge in [-0.15, -0.1) is 0 Å². The van der Waals surface area contributed by atoms with Crippen LogP contribution in [0.4, 0.5) is 0 Å². The molecule has 1 N–H and O–H groups in total. The third kappa shape index (κ3) is 2.69. The number of benzene rings is 1. The molecule has 4 heterocycles. The summed E-state index contributed by atoms with van der Waals surface area (Å²) in [6.07, 6.45) is 8.58. The van der Waals surface area contributed by atoms with Gasteiger partial charge in [-0.05, 0) is 48.8 Å². The molecule has 166 valence electrons. The van der Waals surface area contributed by atoms with Crippen LogP contribution < -0.4 is 0 Å². The molecule has 1 aliphatic carbocycles. The van der Waals surface area contributed by atoms with E-state index in [4.69, 9.17) is 0 Å². The number of rotatable bonds is 3. The number of hydrogen-bond acceptors (Lipinski definition) is 5. The molecule has 1 saturated heterocycles. The maximum Gasteiger partial charge on any atom is 0.244 e. The molecular formula is C24H26N4O3S. The van der Waals surface area contributed by atoms with Crippen LogP contribution in [0.25, 0.3) is 11.3 Å². The van der Waals surface area contributed by atoms with Crippen molar-refractivity contribution in [2.24, 2.45) is 11.3 Å². The minimum atomic E-state index is -3.57. The molecule has 1 spiro atoms. The second-order valence-electron chi connectivity index (χ2n) is 9.44. The molecule has 2 aromatic heterocycles. The maximum absolute atomic E-state index is 13.1. The molecule has 8 heteroatoms. The van der Waals surface area contributed by atoms with Crippen molar-refractivity contribution in [2.45, 2.75) is 43.2 Å². The molecule has 32 heavy (non-hydrogen) atoms. The van der Waals surface area contributed by atoms with Crippen molar-refractivity contribution in [3.8, 4) is 11.3 Å². The predicted octanol–water partition coefficient (Wildman–Crippen LogP) is 3.01. The van der Waals surface area contributed by atoms with Gasteiger partial charge in [0.1, 0.15) is 4.90 Å². The highest BCUT2D eigenvalue weighted by Crippen LogP contribution is 2.59. The first kappa shape index (κ1) is 20.1. The Labute approximate surface area is 187 Å². The largest absolute Gasteiger partial charge is 0.392 e. The van der Waals surface area contributed by atoms with Gasteiger partial charge in [0.2, 0.25) is 10.0 Å². The summed E-state index contributed by atoms with van der Waals surface area (Å²) in [5.74, 6) is 0.107. The van der Waals surface area contributed by atoms with Gasteiger partial charge in [0, 0.05) is 37.0 Å². The van der Waals surface area contributed by atoms with Crippen LogP contribution in [0.5, 0.6) is 0 Å². The van der Waals surface area contributed by atoms with Gasteiger partial charge in [-0.1, -0.05) is 24.3 Å². The second-order valence-corrected chi connectivity index (χ2v) is 11.3. The zero-order chi connectivity index (χ0) is 22.1. The molecular weight excluding hydrogens is 424 g/mol. The van der Waals surface area contributed by atoms with Crippen LogP contribution in [0.1, 0.15) is 36.4 Å². The van der Waals surface area contributed by atoms with Gasteiger partial charge in [-0.3, -0.25) is 4.98 Å². The summed E-state index contributed by atoms with van der Waals surface area (Å²) in [6, 6.07) is 10.2. The zero-order valence-electron chi connectivity index (χ0n) is 17.9. The van der Waals surface area contributed by atoms with Gasteiger partial charge in [0.25, 0.3) is 0 Å². The number of sulfonamides is 1. The molecule has 0 bridgehead atoms. The van der Waals surface area contributed by atoms with E-state index in [1.165, 1.54) is 17.3 Å². The average Bonchev–Trinajstić information content (AvgIpc) is 3.39. The Bertz CT molecular complexity index is 1290. The molecule has 2 fully saturated rings. The van der Waals surface area contributed by atoms with Crippen molar-refractivity contribution < 1.29 is 13.5 Å². The number of fused-ring (bicyclic) bond motifs is 3. The van der Waals surface area contributed by atoms with Crippen molar-refractivity contribution in [3.05, 3.63) is 66.4 Å². The van der Waals surface area contributed by atoms with E-state index in [0.29, 0.717) is 31.5 Å². The van der Waals surface area contributed by atoms with Crippen LogP contribution in [-0.2, 0) is 10.0 Å². The summed E-state index contributed by atoms with van der Waals surface area (Å²) >= 11 is 0. The van der Waals surface area contributed by atoms with E-state index in [9.17, 15) is 13.5 Å². The van der Waals surface area contributed by atoms with Crippen LogP contribution in [0.15, 0.2) is 60.1 Å². The fraction of sp³-hybridized carbons (Fsp3) is 0.417. The lowest BCUT2D eigenvalue weighted by Crippen LogP contribution is -2.59. The molecule has 2 aliphatic heterocycles. The highest BCUT2D eigenvalue weighted by atomic mass is 32.2. The summed E-state index contributed by atoms with van der Waals surface area (Å²) in [5.41, 5.74) is 4.04. The summed E-state index contributed by atoms with van der Waals surface area (Å²) in [6.45, 7) is 2.65. The van der Waals surface area contributed by atoms with E-state index in [1.54, 1.807) is 23.5 Å². The first-order valence-electron chi connectivity index (χ1n) is 11.1. The van der Waals surface area contributed by atoms with E-state index in [0.717, 1.165) is 12.1 Å². The number of aliphatic hydroxyl groups is 1. The monoisotopic (exact) mass is 450 g/mol. The number of aromatic nitrogens is 3. The second kappa shape index (κ2) is 6.97. The number of piperidine rings is 1. The number of nitrogens with zero attached hydrogens (tertiary/aromatic N) is 4. The standard InChI is InChI=1S/C24H26N4O3S/c1-16-6-9-25-14-21(16)32(30,31)27-10-7-24(8-11-27)12-19(23(24)29)22-18-5-3-2-4-17(18)20-13-26-15-28(20)22/h2-6,9,13-15,19,22-23,29H,7-8,10-12H2,1H3. The average molecular weight is 451 g/mol. The Balaban J connectivity index is 1.21. The highest BCUT2D eigenvalue weighted by molar-refractivity contribution is 7.89. The van der Waals surface area contributed by atoms with E-state index < -0.39 is 16.1 Å². The molecule has 1 saturated carbocycles. The fourth-order valence-corrected chi connectivity index (χ4v) is 7.73. The van der Waals surface area contributed by atoms with E-state index in [1.807, 2.05) is 18.6 Å². The molecule has 3 atom stereocenters. The van der Waals surface area contributed by atoms with Gasteiger partial charge < -0.3 is 9.67 Å². The first-order chi connectivity index (χ1) is 15.4. The third-order valence-corrected chi connectivity index (χ3v) is 9.96. The van der Waals surface area contributed by atoms with Crippen LogP contribution >= 0.6 is 0 Å². The fourth-order valence-electron chi connectivity index (χ4n) is 6.12. The number of imidazole rings is 1. The quantitative estimate of drug-likeness (QED) is 0.663. The summed E-state index contributed by atoms with van der Waals surface area (Å²) in [5, 5.41) is 11.4. The lowest BCUT2D eigenvalue weighted by molar-refractivity contribution is -0.152. The maximum atomic E-state index is 13.1. The Hall–Kier alpha value is -2.55. The van der Waals surface area contributed by atoms with Crippen molar-refractivity contribution in [3.63, 3.8) is 0 Å². The molecule has 1 aromatic carbocycles. The van der Waals surface area contributed by atoms with Crippen molar-refractivity contribution in [1.29, 1.82) is 0 Å². The minimum Gasteiger partial charge on any atom is -0.392 e. The first-order valence-corrected chi connectivity index (χ1v) is 12.6. The van der Waals surface area contributed by atoms with E-state index in [2.05, 4.69) is 32.7 Å². The smallest absolute Gasteiger partial charge is 0.244 e. The van der Waals surface area contributed by atoms with Gasteiger partial charge in [0.05, 0.1) is 30.4 Å². The molecule has 6 rings (SSSR count). The molecule has 3 unspecified atom stereocenters. The lowest BCUT2D eigenvalue weighted by atomic mass is 9.53. The van der Waals surface area contributed by atoms with Crippen LogP contribution in [-0.4, -0.2) is 51.6 Å². The predicted molar refractivity (Wildman–Crippen MR) is 119 cm³/mol. The van der Waals surface area contributed by atoms with Crippen molar-refractivity contribution >= 4 is 10.0 Å². The van der Waals surface area contributed by atoms with Gasteiger partial charge >= 0.3 is 0 Å². The Kier molecular flexibility index (Phi) is 4.38. The van der Waals surface area contributed by atoms with Crippen LogP contribution in [0, 0.1) is 18.3 Å². The summed E-state index contributed by atoms with van der Waals surface area (Å²) in [7, 11) is -3.57. The highest BCUT2D eigenvalue weighted by Gasteiger charge is 2.58. The summed E-state index contributed by atoms with van der Waals surface area (Å²) in [4.78, 5) is 8.62. The zero-order valence-corrected chi connectivity index (χ0v) is 18.7. The van der Waals surface area contributed by atoms with Gasteiger partial charge in [-0.25, -0.2) is 13.4 Å². The Morgan fingerprint density at radius 1 is 1.09 bits per heavy atom. The minimum absolute atomic E-state index is 0.0872.